The minimum absolute atomic E-state index is 0.179. The van der Waals surface area contributed by atoms with Gasteiger partial charge in [-0.25, -0.2) is 0 Å². The van der Waals surface area contributed by atoms with Gasteiger partial charge in [0.25, 0.3) is 0 Å². The van der Waals surface area contributed by atoms with Crippen molar-refractivity contribution in [2.24, 2.45) is 11.7 Å². The van der Waals surface area contributed by atoms with E-state index in [1.165, 1.54) is 0 Å². The van der Waals surface area contributed by atoms with Crippen LogP contribution in [0.4, 0.5) is 0 Å². The minimum atomic E-state index is -0.770. The van der Waals surface area contributed by atoms with Crippen molar-refractivity contribution < 1.29 is 9.84 Å². The van der Waals surface area contributed by atoms with Crippen molar-refractivity contribution in [2.45, 2.75) is 26.0 Å². The van der Waals surface area contributed by atoms with E-state index in [4.69, 9.17) is 22.1 Å². The van der Waals surface area contributed by atoms with Gasteiger partial charge in [0.15, 0.2) is 0 Å². The maximum atomic E-state index is 10.1. The number of nitrogens with two attached hydrogens (primary N) is 1. The number of aliphatic hydroxyl groups excluding tert-OH is 1. The molecule has 0 aliphatic rings. The molecule has 3 nitrogen and oxygen atoms in total. The Morgan fingerprint density at radius 3 is 2.50 bits per heavy atom. The van der Waals surface area contributed by atoms with E-state index in [0.717, 1.165) is 0 Å². The lowest BCUT2D eigenvalue weighted by atomic mass is 9.94. The van der Waals surface area contributed by atoms with Gasteiger partial charge in [0.05, 0.1) is 13.2 Å². The number of benzene rings is 1. The smallest absolute Gasteiger partial charge is 0.124 e. The fourth-order valence-corrected chi connectivity index (χ4v) is 1.69. The van der Waals surface area contributed by atoms with Crippen LogP contribution in [0.3, 0.4) is 0 Å². The predicted octanol–water partition coefficient (Wildman–Crippen LogP) is 2.37. The molecule has 0 aliphatic heterocycles. The fraction of sp³-hybridized carbons (Fsp3) is 0.500. The van der Waals surface area contributed by atoms with E-state index in [1.807, 2.05) is 13.8 Å². The lowest BCUT2D eigenvalue weighted by molar-refractivity contribution is 0.122. The van der Waals surface area contributed by atoms with Gasteiger partial charge in [0.1, 0.15) is 5.75 Å². The molecule has 0 saturated heterocycles. The number of aliphatic hydroxyl groups is 1. The minimum Gasteiger partial charge on any atom is -0.496 e. The van der Waals surface area contributed by atoms with Crippen LogP contribution in [-0.4, -0.2) is 18.3 Å². The first-order chi connectivity index (χ1) is 7.47. The standard InChI is InChI=1S/C12H18ClNO2/c1-7(2)11(14)12(15)9-6-8(13)4-5-10(9)16-3/h4-7,11-12,15H,14H2,1-3H3. The molecule has 4 heteroatoms. The maximum absolute atomic E-state index is 10.1. The van der Waals surface area contributed by atoms with Crippen molar-refractivity contribution in [2.75, 3.05) is 7.11 Å². The van der Waals surface area contributed by atoms with Gasteiger partial charge in [-0.2, -0.15) is 0 Å². The molecule has 90 valence electrons. The van der Waals surface area contributed by atoms with Gasteiger partial charge in [0, 0.05) is 16.6 Å². The van der Waals surface area contributed by atoms with E-state index >= 15 is 0 Å². The topological polar surface area (TPSA) is 55.5 Å². The Balaban J connectivity index is 3.05. The summed E-state index contributed by atoms with van der Waals surface area (Å²) in [5, 5.41) is 10.7. The van der Waals surface area contributed by atoms with E-state index in [0.29, 0.717) is 16.3 Å². The van der Waals surface area contributed by atoms with Crippen LogP contribution in [0.25, 0.3) is 0 Å². The van der Waals surface area contributed by atoms with Crippen LogP contribution in [0, 0.1) is 5.92 Å². The lowest BCUT2D eigenvalue weighted by Gasteiger charge is -2.24. The Morgan fingerprint density at radius 1 is 1.38 bits per heavy atom. The summed E-state index contributed by atoms with van der Waals surface area (Å²) in [6, 6.07) is 4.80. The van der Waals surface area contributed by atoms with Crippen LogP contribution in [0.1, 0.15) is 25.5 Å². The third-order valence-electron chi connectivity index (χ3n) is 2.64. The second-order valence-electron chi connectivity index (χ2n) is 4.15. The van der Waals surface area contributed by atoms with E-state index in [9.17, 15) is 5.11 Å². The summed E-state index contributed by atoms with van der Waals surface area (Å²) in [6.45, 7) is 3.93. The van der Waals surface area contributed by atoms with Crippen molar-refractivity contribution in [1.29, 1.82) is 0 Å². The van der Waals surface area contributed by atoms with Gasteiger partial charge in [-0.15, -0.1) is 0 Å². The Kier molecular flexibility index (Phi) is 4.59. The van der Waals surface area contributed by atoms with Crippen molar-refractivity contribution in [3.05, 3.63) is 28.8 Å². The summed E-state index contributed by atoms with van der Waals surface area (Å²) in [6.07, 6.45) is -0.770. The van der Waals surface area contributed by atoms with E-state index in [1.54, 1.807) is 25.3 Å². The summed E-state index contributed by atoms with van der Waals surface area (Å²) >= 11 is 5.89. The summed E-state index contributed by atoms with van der Waals surface area (Å²) < 4.78 is 5.18. The highest BCUT2D eigenvalue weighted by Gasteiger charge is 2.23. The molecular weight excluding hydrogens is 226 g/mol. The zero-order chi connectivity index (χ0) is 12.3. The Labute approximate surface area is 101 Å². The second kappa shape index (κ2) is 5.53. The van der Waals surface area contributed by atoms with Gasteiger partial charge in [-0.3, -0.25) is 0 Å². The molecule has 0 saturated carbocycles. The molecule has 0 amide bonds. The largest absolute Gasteiger partial charge is 0.496 e. The average Bonchev–Trinajstić information content (AvgIpc) is 2.26. The quantitative estimate of drug-likeness (QED) is 0.854. The molecule has 1 aromatic rings. The molecule has 2 unspecified atom stereocenters. The Bertz CT molecular complexity index is 355. The van der Waals surface area contributed by atoms with Crippen LogP contribution in [-0.2, 0) is 0 Å². The van der Waals surface area contributed by atoms with Crippen LogP contribution >= 0.6 is 11.6 Å². The molecule has 0 radical (unpaired) electrons. The SMILES string of the molecule is COc1ccc(Cl)cc1C(O)C(N)C(C)C. The maximum Gasteiger partial charge on any atom is 0.124 e. The number of hydrogen-bond acceptors (Lipinski definition) is 3. The van der Waals surface area contributed by atoms with Crippen LogP contribution in [0.5, 0.6) is 5.75 Å². The average molecular weight is 244 g/mol. The molecule has 1 aromatic carbocycles. The molecule has 3 N–H and O–H groups in total. The zero-order valence-corrected chi connectivity index (χ0v) is 10.5. The summed E-state index contributed by atoms with van der Waals surface area (Å²) in [4.78, 5) is 0. The Hall–Kier alpha value is -0.770. The number of rotatable bonds is 4. The first-order valence-electron chi connectivity index (χ1n) is 5.24. The van der Waals surface area contributed by atoms with E-state index in [2.05, 4.69) is 0 Å². The van der Waals surface area contributed by atoms with Crippen molar-refractivity contribution >= 4 is 11.6 Å². The van der Waals surface area contributed by atoms with Crippen molar-refractivity contribution in [1.82, 2.24) is 0 Å². The van der Waals surface area contributed by atoms with Crippen LogP contribution < -0.4 is 10.5 Å². The molecule has 0 fully saturated rings. The molecule has 0 bridgehead atoms. The molecule has 0 spiro atoms. The van der Waals surface area contributed by atoms with Gasteiger partial charge < -0.3 is 15.6 Å². The monoisotopic (exact) mass is 243 g/mol. The van der Waals surface area contributed by atoms with Gasteiger partial charge in [-0.05, 0) is 24.1 Å². The fourth-order valence-electron chi connectivity index (χ4n) is 1.51. The first-order valence-corrected chi connectivity index (χ1v) is 5.62. The highest BCUT2D eigenvalue weighted by Crippen LogP contribution is 2.31. The van der Waals surface area contributed by atoms with E-state index < -0.39 is 6.10 Å². The second-order valence-corrected chi connectivity index (χ2v) is 4.59. The van der Waals surface area contributed by atoms with Gasteiger partial charge in [0.2, 0.25) is 0 Å². The highest BCUT2D eigenvalue weighted by atomic mass is 35.5. The third-order valence-corrected chi connectivity index (χ3v) is 2.88. The van der Waals surface area contributed by atoms with Crippen molar-refractivity contribution in [3.63, 3.8) is 0 Å². The third kappa shape index (κ3) is 2.88. The van der Waals surface area contributed by atoms with Gasteiger partial charge >= 0.3 is 0 Å². The normalized spacial score (nSPS) is 14.9. The summed E-state index contributed by atoms with van der Waals surface area (Å²) in [5.41, 5.74) is 6.55. The number of halogens is 1. The van der Waals surface area contributed by atoms with Crippen molar-refractivity contribution in [3.8, 4) is 5.75 Å². The molecular formula is C12H18ClNO2. The molecule has 0 heterocycles. The number of methoxy groups -OCH3 is 1. The molecule has 16 heavy (non-hydrogen) atoms. The molecule has 1 rings (SSSR count). The van der Waals surface area contributed by atoms with Crippen LogP contribution in [0.15, 0.2) is 18.2 Å². The summed E-state index contributed by atoms with van der Waals surface area (Å²) in [5.74, 6) is 0.784. The number of hydrogen-bond donors (Lipinski definition) is 2. The van der Waals surface area contributed by atoms with Gasteiger partial charge in [-0.1, -0.05) is 25.4 Å². The zero-order valence-electron chi connectivity index (χ0n) is 9.77. The molecule has 2 atom stereocenters. The highest BCUT2D eigenvalue weighted by molar-refractivity contribution is 6.30. The van der Waals surface area contributed by atoms with Crippen LogP contribution in [0.2, 0.25) is 5.02 Å². The Morgan fingerprint density at radius 2 is 2.00 bits per heavy atom. The first kappa shape index (κ1) is 13.3. The predicted molar refractivity (Wildman–Crippen MR) is 65.8 cm³/mol. The summed E-state index contributed by atoms with van der Waals surface area (Å²) in [7, 11) is 1.56. The number of ether oxygens (including phenoxy) is 1. The van der Waals surface area contributed by atoms with E-state index in [-0.39, 0.29) is 12.0 Å². The molecule has 0 aromatic heterocycles. The molecule has 0 aliphatic carbocycles. The lowest BCUT2D eigenvalue weighted by Crippen LogP contribution is -2.33.